The molecule has 0 heterocycles. The summed E-state index contributed by atoms with van der Waals surface area (Å²) in [6, 6.07) is 0. The minimum Gasteiger partial charge on any atom is -0.274 e. The van der Waals surface area contributed by atoms with Gasteiger partial charge in [0, 0.05) is 5.87 Å². The molecule has 0 aromatic heterocycles. The van der Waals surface area contributed by atoms with Gasteiger partial charge in [-0.2, -0.15) is 8.42 Å². The highest BCUT2D eigenvalue weighted by molar-refractivity contribution is 7.70. The molecule has 0 atom stereocenters. The fourth-order valence-corrected chi connectivity index (χ4v) is 0. The van der Waals surface area contributed by atoms with Crippen LogP contribution < -0.4 is 11.7 Å². The first-order chi connectivity index (χ1) is 2.73. The number of hydrogen-bond donors (Lipinski definition) is 2. The summed E-state index contributed by atoms with van der Waals surface area (Å²) >= 11 is 0. The van der Waals surface area contributed by atoms with E-state index < -0.39 is 10.3 Å². The minimum absolute atomic E-state index is 2.11. The van der Waals surface area contributed by atoms with Crippen molar-refractivity contribution in [1.82, 2.24) is 0 Å². The molecule has 0 aliphatic carbocycles. The number of hydrazine groups is 1. The van der Waals surface area contributed by atoms with Crippen molar-refractivity contribution in [1.29, 1.82) is 0 Å². The fourth-order valence-electron chi connectivity index (χ4n) is 0. The lowest BCUT2D eigenvalue weighted by atomic mass is 12.0. The zero-order chi connectivity index (χ0) is 5.58. The van der Waals surface area contributed by atoms with Gasteiger partial charge in [0.15, 0.2) is 0 Å². The average molecular weight is 110 g/mol. The van der Waals surface area contributed by atoms with Crippen LogP contribution in [0.25, 0.3) is 0 Å². The highest BCUT2D eigenvalue weighted by Crippen LogP contribution is 1.08. The van der Waals surface area contributed by atoms with Crippen molar-refractivity contribution >= 4 is 16.2 Å². The Labute approximate surface area is 37.3 Å². The first-order valence-corrected chi connectivity index (χ1v) is 2.20. The monoisotopic (exact) mass is 110 g/mol. The summed E-state index contributed by atoms with van der Waals surface area (Å²) in [5, 5.41) is 0. The van der Waals surface area contributed by atoms with Gasteiger partial charge in [-0.15, -0.1) is 0 Å². The molecule has 38 valence electrons. The minimum atomic E-state index is -2.11. The third kappa shape index (κ3) is 162. The van der Waals surface area contributed by atoms with E-state index in [1.54, 1.807) is 0 Å². The van der Waals surface area contributed by atoms with Gasteiger partial charge in [0.25, 0.3) is 0 Å². The molecule has 0 saturated heterocycles. The SMILES string of the molecule is C=S(=O)=O.NN. The average Bonchev–Trinajstić information content (AvgIpc) is 1.41. The Morgan fingerprint density at radius 3 is 1.33 bits per heavy atom. The topological polar surface area (TPSA) is 86.2 Å². The van der Waals surface area contributed by atoms with E-state index in [-0.39, 0.29) is 0 Å². The molecule has 5 heteroatoms. The summed E-state index contributed by atoms with van der Waals surface area (Å²) < 4.78 is 17.8. The molecule has 0 rings (SSSR count). The molecule has 0 amide bonds. The predicted octanol–water partition coefficient (Wildman–Crippen LogP) is -1.88. The molecule has 0 unspecified atom stereocenters. The highest BCUT2D eigenvalue weighted by Gasteiger charge is 1.28. The molecule has 0 aromatic carbocycles. The maximum absolute atomic E-state index is 8.89. The molecular weight excluding hydrogens is 104 g/mol. The van der Waals surface area contributed by atoms with E-state index in [0.717, 1.165) is 0 Å². The Morgan fingerprint density at radius 1 is 1.33 bits per heavy atom. The Bertz CT molecular complexity index is 80.9. The molecule has 4 nitrogen and oxygen atoms in total. The van der Waals surface area contributed by atoms with Crippen molar-refractivity contribution in [3.63, 3.8) is 0 Å². The van der Waals surface area contributed by atoms with E-state index in [1.165, 1.54) is 0 Å². The second kappa shape index (κ2) is 8.82. The van der Waals surface area contributed by atoms with Crippen LogP contribution in [0.15, 0.2) is 0 Å². The smallest absolute Gasteiger partial charge is 0.206 e. The van der Waals surface area contributed by atoms with Gasteiger partial charge >= 0.3 is 0 Å². The molecule has 4 N–H and O–H groups in total. The van der Waals surface area contributed by atoms with Gasteiger partial charge in [0.05, 0.1) is 0 Å². The molecule has 6 heavy (non-hydrogen) atoms. The van der Waals surface area contributed by atoms with Gasteiger partial charge in [0.1, 0.15) is 0 Å². The largest absolute Gasteiger partial charge is 0.274 e. The standard InChI is InChI=1S/CH2O2S.H4N2/c1-4(2)3;1-2/h1H2;1-2H2. The van der Waals surface area contributed by atoms with Gasteiger partial charge < -0.3 is 0 Å². The van der Waals surface area contributed by atoms with Gasteiger partial charge in [-0.25, -0.2) is 0 Å². The molecule has 0 fully saturated rings. The van der Waals surface area contributed by atoms with E-state index in [2.05, 4.69) is 17.6 Å². The summed E-state index contributed by atoms with van der Waals surface area (Å²) in [6.07, 6.45) is 0. The summed E-state index contributed by atoms with van der Waals surface area (Å²) in [6.45, 7) is 0. The second-order valence-corrected chi connectivity index (χ2v) is 0.911. The van der Waals surface area contributed by atoms with Crippen molar-refractivity contribution in [2.24, 2.45) is 11.7 Å². The van der Waals surface area contributed by atoms with Crippen LogP contribution in [0.3, 0.4) is 0 Å². The fraction of sp³-hybridized carbons (Fsp3) is 0. The number of nitrogens with two attached hydrogens (primary N) is 2. The summed E-state index contributed by atoms with van der Waals surface area (Å²) in [5.41, 5.74) is 0. The van der Waals surface area contributed by atoms with Gasteiger partial charge in [-0.05, 0) is 0 Å². The van der Waals surface area contributed by atoms with Crippen molar-refractivity contribution in [3.8, 4) is 0 Å². The van der Waals surface area contributed by atoms with E-state index in [4.69, 9.17) is 8.42 Å². The molecule has 0 bridgehead atoms. The molecule has 0 radical (unpaired) electrons. The van der Waals surface area contributed by atoms with Gasteiger partial charge in [0.2, 0.25) is 10.3 Å². The highest BCUT2D eigenvalue weighted by atomic mass is 32.2. The second-order valence-electron chi connectivity index (χ2n) is 0.304. The first-order valence-electron chi connectivity index (χ1n) is 0.955. The van der Waals surface area contributed by atoms with E-state index >= 15 is 0 Å². The van der Waals surface area contributed by atoms with Crippen LogP contribution in [-0.2, 0) is 10.3 Å². The van der Waals surface area contributed by atoms with Crippen LogP contribution in [0.4, 0.5) is 0 Å². The first kappa shape index (κ1) is 9.15. The quantitative estimate of drug-likeness (QED) is 0.217. The van der Waals surface area contributed by atoms with Crippen LogP contribution in [0.1, 0.15) is 0 Å². The molecule has 0 spiro atoms. The van der Waals surface area contributed by atoms with E-state index in [9.17, 15) is 0 Å². The Kier molecular flexibility index (Phi) is 13.4. The third-order valence-corrected chi connectivity index (χ3v) is 0. The van der Waals surface area contributed by atoms with Gasteiger partial charge in [-0.3, -0.25) is 11.7 Å². The zero-order valence-electron chi connectivity index (χ0n) is 3.09. The maximum atomic E-state index is 8.89. The van der Waals surface area contributed by atoms with E-state index in [1.807, 2.05) is 0 Å². The molecule has 0 saturated carbocycles. The third-order valence-electron chi connectivity index (χ3n) is 0. The molecule has 0 aliphatic rings. The van der Waals surface area contributed by atoms with Crippen molar-refractivity contribution in [2.75, 3.05) is 0 Å². The summed E-state index contributed by atoms with van der Waals surface area (Å²) in [4.78, 5) is 0. The maximum Gasteiger partial charge on any atom is 0.206 e. The molecule has 0 aromatic rings. The van der Waals surface area contributed by atoms with Crippen LogP contribution in [0.2, 0.25) is 0 Å². The lowest BCUT2D eigenvalue weighted by Crippen LogP contribution is -2.02. The lowest BCUT2D eigenvalue weighted by molar-refractivity contribution is 0.627. The molecular formula is CH6N2O2S. The number of hydrogen-bond acceptors (Lipinski definition) is 4. The molecule has 0 aliphatic heterocycles. The van der Waals surface area contributed by atoms with E-state index in [0.29, 0.717) is 0 Å². The van der Waals surface area contributed by atoms with Crippen LogP contribution >= 0.6 is 0 Å². The summed E-state index contributed by atoms with van der Waals surface area (Å²) in [7, 11) is -2.11. The predicted molar refractivity (Wildman–Crippen MR) is 24.4 cm³/mol. The Hall–Kier alpha value is -0.390. The zero-order valence-corrected chi connectivity index (χ0v) is 3.90. The Morgan fingerprint density at radius 2 is 1.33 bits per heavy atom. The van der Waals surface area contributed by atoms with Gasteiger partial charge in [-0.1, -0.05) is 0 Å². The van der Waals surface area contributed by atoms with Crippen LogP contribution in [0.5, 0.6) is 0 Å². The van der Waals surface area contributed by atoms with Crippen molar-refractivity contribution in [2.45, 2.75) is 0 Å². The lowest BCUT2D eigenvalue weighted by Gasteiger charge is -1.27. The van der Waals surface area contributed by atoms with Crippen molar-refractivity contribution < 1.29 is 8.42 Å². The summed E-state index contributed by atoms with van der Waals surface area (Å²) in [5.74, 6) is 10.6. The Balaban J connectivity index is 0. The van der Waals surface area contributed by atoms with Crippen molar-refractivity contribution in [3.05, 3.63) is 0 Å². The normalized spacial score (nSPS) is 5.00. The number of rotatable bonds is 0. The van der Waals surface area contributed by atoms with Crippen LogP contribution in [0, 0.1) is 0 Å². The van der Waals surface area contributed by atoms with Crippen LogP contribution in [-0.4, -0.2) is 14.3 Å².